The molecule has 206 valence electrons. The van der Waals surface area contributed by atoms with Crippen molar-refractivity contribution < 1.29 is 4.74 Å². The maximum absolute atomic E-state index is 14.0. The fourth-order valence-electron chi connectivity index (χ4n) is 5.27. The summed E-state index contributed by atoms with van der Waals surface area (Å²) in [7, 11) is 0. The lowest BCUT2D eigenvalue weighted by Gasteiger charge is -2.16. The first-order valence-electron chi connectivity index (χ1n) is 14.0. The van der Waals surface area contributed by atoms with E-state index in [1.807, 2.05) is 98.8 Å². The lowest BCUT2D eigenvalue weighted by molar-refractivity contribution is 0.305. The highest BCUT2D eigenvalue weighted by atomic mass is 16.5. The van der Waals surface area contributed by atoms with E-state index in [1.165, 1.54) is 12.8 Å². The Bertz CT molecular complexity index is 1560. The first-order valence-corrected chi connectivity index (χ1v) is 14.0. The van der Waals surface area contributed by atoms with Crippen molar-refractivity contribution in [2.24, 2.45) is 0 Å². The summed E-state index contributed by atoms with van der Waals surface area (Å²) in [6, 6.07) is 26.7. The highest BCUT2D eigenvalue weighted by molar-refractivity contribution is 5.48. The molecule has 0 amide bonds. The van der Waals surface area contributed by atoms with E-state index in [9.17, 15) is 9.59 Å². The SMILES string of the molecule is CCCCCCOc1ccc(C(c2c(C)[nH]n(-c3ccccc3)c2=O)c2c(C)[nH]n(-c3ccccc3)c2=O)cc1. The average molecular weight is 537 g/mol. The second-order valence-corrected chi connectivity index (χ2v) is 10.2. The molecule has 0 atom stereocenters. The zero-order chi connectivity index (χ0) is 28.1. The number of aryl methyl sites for hydroxylation is 2. The molecule has 0 aliphatic heterocycles. The number of benzene rings is 3. The molecular weight excluding hydrogens is 500 g/mol. The second-order valence-electron chi connectivity index (χ2n) is 10.2. The van der Waals surface area contributed by atoms with E-state index in [2.05, 4.69) is 17.1 Å². The molecule has 40 heavy (non-hydrogen) atoms. The molecule has 7 nitrogen and oxygen atoms in total. The van der Waals surface area contributed by atoms with E-state index < -0.39 is 5.92 Å². The van der Waals surface area contributed by atoms with Gasteiger partial charge in [0.1, 0.15) is 5.75 Å². The molecule has 3 aromatic carbocycles. The number of rotatable bonds is 11. The van der Waals surface area contributed by atoms with Gasteiger partial charge in [0, 0.05) is 17.3 Å². The summed E-state index contributed by atoms with van der Waals surface area (Å²) in [6.07, 6.45) is 4.56. The number of para-hydroxylation sites is 2. The first-order chi connectivity index (χ1) is 19.5. The number of aromatic nitrogens is 4. The predicted octanol–water partition coefficient (Wildman–Crippen LogP) is 6.40. The van der Waals surface area contributed by atoms with Gasteiger partial charge in [-0.1, -0.05) is 74.7 Å². The van der Waals surface area contributed by atoms with Crippen molar-refractivity contribution in [3.05, 3.63) is 134 Å². The van der Waals surface area contributed by atoms with Gasteiger partial charge in [0.25, 0.3) is 11.1 Å². The maximum Gasteiger partial charge on any atom is 0.275 e. The van der Waals surface area contributed by atoms with Crippen LogP contribution in [0.2, 0.25) is 0 Å². The van der Waals surface area contributed by atoms with Crippen LogP contribution in [0.15, 0.2) is 94.5 Å². The summed E-state index contributed by atoms with van der Waals surface area (Å²) >= 11 is 0. The Morgan fingerprint density at radius 2 is 1.18 bits per heavy atom. The number of hydrogen-bond acceptors (Lipinski definition) is 3. The van der Waals surface area contributed by atoms with Crippen LogP contribution in [0.4, 0.5) is 0 Å². The van der Waals surface area contributed by atoms with Crippen molar-refractivity contribution in [1.29, 1.82) is 0 Å². The molecule has 0 saturated heterocycles. The fraction of sp³-hybridized carbons (Fsp3) is 0.273. The third-order valence-electron chi connectivity index (χ3n) is 7.32. The molecule has 0 bridgehead atoms. The van der Waals surface area contributed by atoms with Crippen molar-refractivity contribution in [1.82, 2.24) is 19.6 Å². The third kappa shape index (κ3) is 5.45. The fourth-order valence-corrected chi connectivity index (χ4v) is 5.27. The maximum atomic E-state index is 14.0. The van der Waals surface area contributed by atoms with Gasteiger partial charge in [-0.15, -0.1) is 0 Å². The Morgan fingerprint density at radius 1 is 0.675 bits per heavy atom. The summed E-state index contributed by atoms with van der Waals surface area (Å²) in [4.78, 5) is 27.9. The molecule has 0 unspecified atom stereocenters. The van der Waals surface area contributed by atoms with Gasteiger partial charge in [0.15, 0.2) is 0 Å². The van der Waals surface area contributed by atoms with Crippen molar-refractivity contribution in [3.8, 4) is 17.1 Å². The molecule has 5 aromatic rings. The van der Waals surface area contributed by atoms with Gasteiger partial charge >= 0.3 is 0 Å². The third-order valence-corrected chi connectivity index (χ3v) is 7.32. The monoisotopic (exact) mass is 536 g/mol. The lowest BCUT2D eigenvalue weighted by atomic mass is 9.85. The first kappa shape index (κ1) is 27.1. The van der Waals surface area contributed by atoms with Gasteiger partial charge < -0.3 is 4.74 Å². The van der Waals surface area contributed by atoms with Crippen LogP contribution in [0.5, 0.6) is 5.75 Å². The van der Waals surface area contributed by atoms with Crippen molar-refractivity contribution in [3.63, 3.8) is 0 Å². The normalized spacial score (nSPS) is 11.3. The Balaban J connectivity index is 1.60. The van der Waals surface area contributed by atoms with Gasteiger partial charge in [-0.2, -0.15) is 0 Å². The highest BCUT2D eigenvalue weighted by Gasteiger charge is 2.30. The molecule has 2 N–H and O–H groups in total. The number of nitrogens with zero attached hydrogens (tertiary/aromatic N) is 2. The minimum Gasteiger partial charge on any atom is -0.494 e. The van der Waals surface area contributed by atoms with Crippen LogP contribution in [0.1, 0.15) is 66.6 Å². The van der Waals surface area contributed by atoms with Gasteiger partial charge in [-0.05, 0) is 62.2 Å². The minimum atomic E-state index is -0.582. The predicted molar refractivity (Wildman–Crippen MR) is 159 cm³/mol. The van der Waals surface area contributed by atoms with Crippen molar-refractivity contribution >= 4 is 0 Å². The number of ether oxygens (including phenoxy) is 1. The minimum absolute atomic E-state index is 0.184. The van der Waals surface area contributed by atoms with E-state index in [0.717, 1.165) is 35.5 Å². The average Bonchev–Trinajstić information content (AvgIpc) is 3.45. The number of H-pyrrole nitrogens is 2. The van der Waals surface area contributed by atoms with Crippen LogP contribution in [-0.4, -0.2) is 26.2 Å². The largest absolute Gasteiger partial charge is 0.494 e. The Hall–Kier alpha value is -4.52. The topological polar surface area (TPSA) is 84.8 Å². The van der Waals surface area contributed by atoms with E-state index in [4.69, 9.17) is 4.74 Å². The van der Waals surface area contributed by atoms with Gasteiger partial charge in [0.2, 0.25) is 0 Å². The van der Waals surface area contributed by atoms with Gasteiger partial charge in [-0.25, -0.2) is 9.36 Å². The van der Waals surface area contributed by atoms with Gasteiger partial charge in [0.05, 0.1) is 29.1 Å². The van der Waals surface area contributed by atoms with E-state index in [0.29, 0.717) is 29.1 Å². The number of hydrogen-bond donors (Lipinski definition) is 2. The molecule has 0 saturated carbocycles. The van der Waals surface area contributed by atoms with E-state index in [1.54, 1.807) is 9.36 Å². The zero-order valence-electron chi connectivity index (χ0n) is 23.3. The Morgan fingerprint density at radius 3 is 1.65 bits per heavy atom. The smallest absolute Gasteiger partial charge is 0.275 e. The summed E-state index contributed by atoms with van der Waals surface area (Å²) < 4.78 is 9.06. The summed E-state index contributed by atoms with van der Waals surface area (Å²) in [5, 5.41) is 6.49. The van der Waals surface area contributed by atoms with Crippen LogP contribution < -0.4 is 15.9 Å². The van der Waals surface area contributed by atoms with E-state index >= 15 is 0 Å². The summed E-state index contributed by atoms with van der Waals surface area (Å²) in [6.45, 7) is 6.63. The van der Waals surface area contributed by atoms with Gasteiger partial charge in [-0.3, -0.25) is 19.8 Å². The molecule has 0 fully saturated rings. The standard InChI is InChI=1S/C33H36N4O3/c1-4-5-6-13-22-40-28-20-18-25(19-21-28)31(29-23(2)34-36(32(29)38)26-14-9-7-10-15-26)30-24(3)35-37(33(30)39)27-16-11-8-12-17-27/h7-12,14-21,31,34-35H,4-6,13,22H2,1-3H3. The summed E-state index contributed by atoms with van der Waals surface area (Å²) in [5.74, 6) is 0.194. The van der Waals surface area contributed by atoms with E-state index in [-0.39, 0.29) is 11.1 Å². The molecule has 0 radical (unpaired) electrons. The second kappa shape index (κ2) is 12.1. The number of aromatic amines is 2. The Kier molecular flexibility index (Phi) is 8.20. The Labute approximate surface area is 234 Å². The molecule has 0 spiro atoms. The van der Waals surface area contributed by atoms with Crippen molar-refractivity contribution in [2.45, 2.75) is 52.4 Å². The van der Waals surface area contributed by atoms with Crippen LogP contribution in [0.25, 0.3) is 11.4 Å². The number of nitrogens with one attached hydrogen (secondary N) is 2. The molecule has 2 heterocycles. The zero-order valence-corrected chi connectivity index (χ0v) is 23.3. The molecule has 5 rings (SSSR count). The van der Waals surface area contributed by atoms with Crippen LogP contribution in [0.3, 0.4) is 0 Å². The highest BCUT2D eigenvalue weighted by Crippen LogP contribution is 2.33. The van der Waals surface area contributed by atoms with Crippen LogP contribution >= 0.6 is 0 Å². The van der Waals surface area contributed by atoms with Crippen LogP contribution in [-0.2, 0) is 0 Å². The van der Waals surface area contributed by atoms with Crippen molar-refractivity contribution in [2.75, 3.05) is 6.61 Å². The quantitative estimate of drug-likeness (QED) is 0.192. The molecule has 7 heteroatoms. The summed E-state index contributed by atoms with van der Waals surface area (Å²) in [5.41, 5.74) is 4.44. The number of unbranched alkanes of at least 4 members (excludes halogenated alkanes) is 3. The molecule has 0 aliphatic carbocycles. The molecule has 0 aliphatic rings. The molecule has 2 aromatic heterocycles. The lowest BCUT2D eigenvalue weighted by Crippen LogP contribution is -2.25. The van der Waals surface area contributed by atoms with Crippen LogP contribution in [0, 0.1) is 13.8 Å². The molecular formula is C33H36N4O3.